The molecule has 0 radical (unpaired) electrons. The maximum absolute atomic E-state index is 10.9. The van der Waals surface area contributed by atoms with E-state index in [2.05, 4.69) is 4.42 Å². The molecule has 5 nitrogen and oxygen atoms in total. The van der Waals surface area contributed by atoms with E-state index in [1.54, 1.807) is 0 Å². The lowest BCUT2D eigenvalue weighted by atomic mass is 10.2. The number of rotatable bonds is 1. The number of carbonyl (C=O) groups is 1. The van der Waals surface area contributed by atoms with Crippen LogP contribution >= 0.6 is 0 Å². The number of hydrogen-bond acceptors (Lipinski definition) is 4. The lowest BCUT2D eigenvalue weighted by Gasteiger charge is -1.97. The third kappa shape index (κ3) is 1.29. The zero-order valence-electron chi connectivity index (χ0n) is 6.20. The second-order valence-corrected chi connectivity index (χ2v) is 2.21. The van der Waals surface area contributed by atoms with Crippen LogP contribution in [-0.4, -0.2) is 16.2 Å². The Morgan fingerprint density at radius 1 is 1.58 bits per heavy atom. The van der Waals surface area contributed by atoms with Gasteiger partial charge in [0.2, 0.25) is 5.43 Å². The summed E-state index contributed by atoms with van der Waals surface area (Å²) < 4.78 is 4.53. The van der Waals surface area contributed by atoms with E-state index in [1.807, 2.05) is 0 Å². The van der Waals surface area contributed by atoms with E-state index in [0.29, 0.717) is 0 Å². The Hall–Kier alpha value is -1.78. The van der Waals surface area contributed by atoms with Gasteiger partial charge in [-0.3, -0.25) is 4.79 Å². The zero-order valence-corrected chi connectivity index (χ0v) is 6.20. The molecule has 0 unspecified atom stereocenters. The monoisotopic (exact) mass is 170 g/mol. The Morgan fingerprint density at radius 3 is 2.58 bits per heavy atom. The maximum atomic E-state index is 10.9. The van der Waals surface area contributed by atoms with Gasteiger partial charge in [0.15, 0.2) is 5.56 Å². The number of aromatic hydroxyl groups is 1. The van der Waals surface area contributed by atoms with Crippen LogP contribution < -0.4 is 5.43 Å². The number of hydrogen-bond donors (Lipinski definition) is 2. The van der Waals surface area contributed by atoms with E-state index in [1.165, 1.54) is 6.92 Å². The quantitative estimate of drug-likeness (QED) is 0.634. The molecule has 0 aliphatic heterocycles. The molecule has 1 heterocycles. The first kappa shape index (κ1) is 8.32. The Morgan fingerprint density at radius 2 is 2.17 bits per heavy atom. The van der Waals surface area contributed by atoms with Gasteiger partial charge in [-0.15, -0.1) is 0 Å². The summed E-state index contributed by atoms with van der Waals surface area (Å²) in [5.74, 6) is -2.18. The SMILES string of the molecule is Cc1cc(=O)c(C(=O)O)c(O)o1. The normalized spacial score (nSPS) is 9.75. The molecular formula is C7H6O5. The van der Waals surface area contributed by atoms with Crippen molar-refractivity contribution in [3.8, 4) is 5.95 Å². The molecule has 1 aromatic rings. The lowest BCUT2D eigenvalue weighted by molar-refractivity contribution is 0.0686. The van der Waals surface area contributed by atoms with E-state index < -0.39 is 22.9 Å². The van der Waals surface area contributed by atoms with E-state index >= 15 is 0 Å². The van der Waals surface area contributed by atoms with Crippen LogP contribution in [0, 0.1) is 6.92 Å². The highest BCUT2D eigenvalue weighted by Crippen LogP contribution is 2.13. The fourth-order valence-electron chi connectivity index (χ4n) is 0.792. The van der Waals surface area contributed by atoms with Gasteiger partial charge >= 0.3 is 11.9 Å². The Balaban J connectivity index is 3.49. The molecule has 0 saturated carbocycles. The smallest absolute Gasteiger partial charge is 0.347 e. The summed E-state index contributed by atoms with van der Waals surface area (Å²) in [5, 5.41) is 17.3. The third-order valence-corrected chi connectivity index (χ3v) is 1.27. The summed E-state index contributed by atoms with van der Waals surface area (Å²) in [6.07, 6.45) is 0. The first-order valence-electron chi connectivity index (χ1n) is 3.09. The summed E-state index contributed by atoms with van der Waals surface area (Å²) in [5.41, 5.74) is -1.50. The standard InChI is InChI=1S/C7H6O5/c1-3-2-4(8)5(6(9)10)7(11)12-3/h2,11H,1H3,(H,9,10). The Bertz CT molecular complexity index is 376. The molecular weight excluding hydrogens is 164 g/mol. The molecule has 0 aliphatic rings. The van der Waals surface area contributed by atoms with Crippen molar-refractivity contribution in [2.24, 2.45) is 0 Å². The van der Waals surface area contributed by atoms with Gasteiger partial charge in [0.05, 0.1) is 0 Å². The molecule has 0 spiro atoms. The molecule has 0 saturated heterocycles. The predicted molar refractivity (Wildman–Crippen MR) is 38.3 cm³/mol. The predicted octanol–water partition coefficient (Wildman–Crippen LogP) is 0.352. The Labute approximate surface area is 66.9 Å². The van der Waals surface area contributed by atoms with Crippen molar-refractivity contribution in [3.05, 3.63) is 27.6 Å². The molecule has 1 aromatic heterocycles. The summed E-state index contributed by atoms with van der Waals surface area (Å²) >= 11 is 0. The van der Waals surface area contributed by atoms with Crippen LogP contribution in [0.3, 0.4) is 0 Å². The lowest BCUT2D eigenvalue weighted by Crippen LogP contribution is -2.13. The van der Waals surface area contributed by atoms with E-state index in [9.17, 15) is 9.59 Å². The van der Waals surface area contributed by atoms with E-state index in [0.717, 1.165) is 6.07 Å². The van der Waals surface area contributed by atoms with Gasteiger partial charge in [0.1, 0.15) is 5.76 Å². The van der Waals surface area contributed by atoms with Gasteiger partial charge in [-0.05, 0) is 6.92 Å². The van der Waals surface area contributed by atoms with Crippen LogP contribution in [0.5, 0.6) is 5.95 Å². The number of aryl methyl sites for hydroxylation is 1. The molecule has 0 bridgehead atoms. The second-order valence-electron chi connectivity index (χ2n) is 2.21. The highest BCUT2D eigenvalue weighted by molar-refractivity contribution is 5.89. The van der Waals surface area contributed by atoms with Crippen molar-refractivity contribution in [3.63, 3.8) is 0 Å². The van der Waals surface area contributed by atoms with Gasteiger partial charge in [0.25, 0.3) is 0 Å². The Kier molecular flexibility index (Phi) is 1.86. The molecule has 0 fully saturated rings. The largest absolute Gasteiger partial charge is 0.480 e. The van der Waals surface area contributed by atoms with Gasteiger partial charge in [-0.25, -0.2) is 4.79 Å². The molecule has 0 aromatic carbocycles. The van der Waals surface area contributed by atoms with Crippen molar-refractivity contribution in [1.29, 1.82) is 0 Å². The van der Waals surface area contributed by atoms with Crippen molar-refractivity contribution < 1.29 is 19.4 Å². The van der Waals surface area contributed by atoms with Crippen LogP contribution in [0.4, 0.5) is 0 Å². The molecule has 64 valence electrons. The minimum Gasteiger partial charge on any atom is -0.480 e. The molecule has 0 amide bonds. The van der Waals surface area contributed by atoms with Gasteiger partial charge in [-0.2, -0.15) is 0 Å². The molecule has 0 atom stereocenters. The van der Waals surface area contributed by atoms with Crippen LogP contribution in [0.25, 0.3) is 0 Å². The minimum atomic E-state index is -1.50. The number of carboxylic acid groups (broad SMARTS) is 1. The van der Waals surface area contributed by atoms with Gasteiger partial charge < -0.3 is 14.6 Å². The zero-order chi connectivity index (χ0) is 9.30. The van der Waals surface area contributed by atoms with E-state index in [-0.39, 0.29) is 5.76 Å². The van der Waals surface area contributed by atoms with Crippen molar-refractivity contribution in [2.75, 3.05) is 0 Å². The third-order valence-electron chi connectivity index (χ3n) is 1.27. The van der Waals surface area contributed by atoms with Crippen LogP contribution in [-0.2, 0) is 0 Å². The van der Waals surface area contributed by atoms with Crippen molar-refractivity contribution in [2.45, 2.75) is 6.92 Å². The molecule has 0 aliphatic carbocycles. The summed E-state index contributed by atoms with van der Waals surface area (Å²) in [7, 11) is 0. The fourth-order valence-corrected chi connectivity index (χ4v) is 0.792. The summed E-state index contributed by atoms with van der Waals surface area (Å²) in [4.78, 5) is 21.2. The summed E-state index contributed by atoms with van der Waals surface area (Å²) in [6, 6.07) is 1.00. The average molecular weight is 170 g/mol. The first-order valence-corrected chi connectivity index (χ1v) is 3.09. The molecule has 12 heavy (non-hydrogen) atoms. The van der Waals surface area contributed by atoms with Crippen molar-refractivity contribution >= 4 is 5.97 Å². The summed E-state index contributed by atoms with van der Waals surface area (Å²) in [6.45, 7) is 1.44. The van der Waals surface area contributed by atoms with E-state index in [4.69, 9.17) is 10.2 Å². The highest BCUT2D eigenvalue weighted by atomic mass is 16.5. The molecule has 5 heteroatoms. The average Bonchev–Trinajstić information content (AvgIpc) is 1.82. The highest BCUT2D eigenvalue weighted by Gasteiger charge is 2.16. The van der Waals surface area contributed by atoms with Gasteiger partial charge in [0, 0.05) is 6.07 Å². The van der Waals surface area contributed by atoms with Crippen LogP contribution in [0.15, 0.2) is 15.3 Å². The van der Waals surface area contributed by atoms with Crippen molar-refractivity contribution in [1.82, 2.24) is 0 Å². The van der Waals surface area contributed by atoms with Crippen LogP contribution in [0.1, 0.15) is 16.1 Å². The number of carboxylic acids is 1. The molecule has 2 N–H and O–H groups in total. The maximum Gasteiger partial charge on any atom is 0.347 e. The second kappa shape index (κ2) is 2.69. The first-order chi connectivity index (χ1) is 5.52. The topological polar surface area (TPSA) is 87.7 Å². The minimum absolute atomic E-state index is 0.169. The molecule has 1 rings (SSSR count). The number of aromatic carboxylic acids is 1. The van der Waals surface area contributed by atoms with Crippen LogP contribution in [0.2, 0.25) is 0 Å². The van der Waals surface area contributed by atoms with Gasteiger partial charge in [-0.1, -0.05) is 0 Å². The fraction of sp³-hybridized carbons (Fsp3) is 0.143.